The van der Waals surface area contributed by atoms with Crippen molar-refractivity contribution in [1.82, 2.24) is 14.3 Å². The molecule has 1 unspecified atom stereocenters. The topological polar surface area (TPSA) is 95.6 Å². The number of pyridine rings is 1. The molecule has 1 atom stereocenters. The zero-order valence-corrected chi connectivity index (χ0v) is 23.5. The van der Waals surface area contributed by atoms with E-state index in [1.54, 1.807) is 0 Å². The minimum Gasteiger partial charge on any atom is -0.478 e. The third-order valence-corrected chi connectivity index (χ3v) is 7.59. The van der Waals surface area contributed by atoms with Gasteiger partial charge in [0.2, 0.25) is 5.88 Å². The van der Waals surface area contributed by atoms with Crippen LogP contribution in [-0.4, -0.2) is 38.1 Å². The normalized spacial score (nSPS) is 14.5. The van der Waals surface area contributed by atoms with Crippen molar-refractivity contribution in [2.45, 2.75) is 32.2 Å². The number of halogens is 5. The fourth-order valence-corrected chi connectivity index (χ4v) is 5.17. The van der Waals surface area contributed by atoms with Crippen LogP contribution in [0.3, 0.4) is 0 Å². The maximum absolute atomic E-state index is 15.5. The predicted molar refractivity (Wildman–Crippen MR) is 152 cm³/mol. The number of ether oxygens (including phenoxy) is 2. The van der Waals surface area contributed by atoms with Crippen molar-refractivity contribution in [3.8, 4) is 17.1 Å². The molecule has 0 bridgehead atoms. The molecule has 8 nitrogen and oxygen atoms in total. The van der Waals surface area contributed by atoms with Crippen molar-refractivity contribution in [3.05, 3.63) is 116 Å². The first-order chi connectivity index (χ1) is 21.1. The standard InChI is InChI=1S/C31H22ClF4N3O5/c32-18-10-25(35)22(26(36)11-18)15-44-29-3-1-2-27(37-29)21-12-23(33)17(8-24(21)34)13-39-30(40)20-5-4-16(31(41)42)9-28(20)38(39)14-19-6-7-43-19/h1-5,8-12,19H,6-7,13-15H2,(H,41,42). The van der Waals surface area contributed by atoms with Crippen molar-refractivity contribution < 1.29 is 36.9 Å². The summed E-state index contributed by atoms with van der Waals surface area (Å²) in [5.41, 5.74) is -0.908. The van der Waals surface area contributed by atoms with Gasteiger partial charge in [-0.1, -0.05) is 17.7 Å². The summed E-state index contributed by atoms with van der Waals surface area (Å²) in [6, 6.07) is 12.1. The van der Waals surface area contributed by atoms with Crippen LogP contribution in [0.25, 0.3) is 22.2 Å². The highest BCUT2D eigenvalue weighted by Crippen LogP contribution is 2.28. The van der Waals surface area contributed by atoms with Gasteiger partial charge in [0.25, 0.3) is 5.56 Å². The number of rotatable bonds is 9. The minimum atomic E-state index is -1.17. The molecule has 5 aromatic rings. The number of carboxylic acids is 1. The van der Waals surface area contributed by atoms with Crippen molar-refractivity contribution in [3.63, 3.8) is 0 Å². The monoisotopic (exact) mass is 627 g/mol. The summed E-state index contributed by atoms with van der Waals surface area (Å²) in [5.74, 6) is -4.74. The van der Waals surface area contributed by atoms with Crippen molar-refractivity contribution in [1.29, 1.82) is 0 Å². The number of aromatic carboxylic acids is 1. The second-order valence-corrected chi connectivity index (χ2v) is 10.6. The Morgan fingerprint density at radius 2 is 1.75 bits per heavy atom. The van der Waals surface area contributed by atoms with E-state index in [1.807, 2.05) is 0 Å². The summed E-state index contributed by atoms with van der Waals surface area (Å²) in [6.07, 6.45) is 0.505. The van der Waals surface area contributed by atoms with Crippen molar-refractivity contribution in [2.24, 2.45) is 0 Å². The van der Waals surface area contributed by atoms with E-state index < -0.39 is 41.4 Å². The summed E-state index contributed by atoms with van der Waals surface area (Å²) in [7, 11) is 0. The van der Waals surface area contributed by atoms with Gasteiger partial charge in [0.15, 0.2) is 0 Å². The first-order valence-electron chi connectivity index (χ1n) is 13.4. The molecule has 1 aliphatic heterocycles. The van der Waals surface area contributed by atoms with Gasteiger partial charge in [0, 0.05) is 28.8 Å². The van der Waals surface area contributed by atoms with E-state index in [1.165, 1.54) is 45.8 Å². The Morgan fingerprint density at radius 1 is 1.00 bits per heavy atom. The molecule has 1 saturated heterocycles. The van der Waals surface area contributed by atoms with Crippen molar-refractivity contribution >= 4 is 28.5 Å². The average Bonchev–Trinajstić information content (AvgIpc) is 3.21. The van der Waals surface area contributed by atoms with Gasteiger partial charge >= 0.3 is 5.97 Å². The number of nitrogens with zero attached hydrogens (tertiary/aromatic N) is 3. The predicted octanol–water partition coefficient (Wildman–Crippen LogP) is 6.19. The zero-order valence-electron chi connectivity index (χ0n) is 22.7. The molecule has 0 spiro atoms. The van der Waals surface area contributed by atoms with Crippen LogP contribution in [0.2, 0.25) is 5.02 Å². The number of aromatic nitrogens is 3. The Bertz CT molecular complexity index is 1970. The van der Waals surface area contributed by atoms with Crippen LogP contribution in [0.1, 0.15) is 27.9 Å². The van der Waals surface area contributed by atoms with Crippen LogP contribution < -0.4 is 10.3 Å². The number of carboxylic acid groups (broad SMARTS) is 1. The third-order valence-electron chi connectivity index (χ3n) is 7.37. The Labute approximate surface area is 251 Å². The summed E-state index contributed by atoms with van der Waals surface area (Å²) in [4.78, 5) is 29.0. The average molecular weight is 628 g/mol. The second-order valence-electron chi connectivity index (χ2n) is 10.2. The number of fused-ring (bicyclic) bond motifs is 1. The van der Waals surface area contributed by atoms with Gasteiger partial charge in [-0.05, 0) is 55.0 Å². The molecule has 44 heavy (non-hydrogen) atoms. The maximum atomic E-state index is 15.5. The van der Waals surface area contributed by atoms with Gasteiger partial charge in [-0.15, -0.1) is 0 Å². The maximum Gasteiger partial charge on any atom is 0.335 e. The molecule has 1 aliphatic rings. The van der Waals surface area contributed by atoms with Gasteiger partial charge in [-0.3, -0.25) is 9.48 Å². The first kappa shape index (κ1) is 29.4. The van der Waals surface area contributed by atoms with Crippen LogP contribution in [0.15, 0.2) is 65.5 Å². The van der Waals surface area contributed by atoms with E-state index in [9.17, 15) is 23.5 Å². The molecule has 3 heterocycles. The quantitative estimate of drug-likeness (QED) is 0.196. The number of benzene rings is 3. The molecule has 0 saturated carbocycles. The summed E-state index contributed by atoms with van der Waals surface area (Å²) < 4.78 is 72.8. The van der Waals surface area contributed by atoms with Gasteiger partial charge in [-0.25, -0.2) is 32.0 Å². The summed E-state index contributed by atoms with van der Waals surface area (Å²) in [5, 5.41) is 9.56. The highest BCUT2D eigenvalue weighted by molar-refractivity contribution is 6.30. The Kier molecular flexibility index (Phi) is 7.87. The molecule has 0 aliphatic carbocycles. The van der Waals surface area contributed by atoms with Crippen LogP contribution in [0.4, 0.5) is 17.6 Å². The molecular weight excluding hydrogens is 606 g/mol. The van der Waals surface area contributed by atoms with Gasteiger partial charge in [0.1, 0.15) is 29.9 Å². The fourth-order valence-electron chi connectivity index (χ4n) is 4.98. The molecule has 6 rings (SSSR count). The van der Waals surface area contributed by atoms with E-state index in [0.717, 1.165) is 30.7 Å². The molecule has 0 radical (unpaired) electrons. The highest BCUT2D eigenvalue weighted by Gasteiger charge is 2.24. The summed E-state index contributed by atoms with van der Waals surface area (Å²) >= 11 is 5.65. The van der Waals surface area contributed by atoms with Crippen LogP contribution in [0.5, 0.6) is 5.88 Å². The molecule has 2 aromatic heterocycles. The summed E-state index contributed by atoms with van der Waals surface area (Å²) in [6.45, 7) is -0.111. The van der Waals surface area contributed by atoms with E-state index in [2.05, 4.69) is 4.98 Å². The number of carbonyl (C=O) groups is 1. The Morgan fingerprint density at radius 3 is 2.43 bits per heavy atom. The molecule has 1 N–H and O–H groups in total. The van der Waals surface area contributed by atoms with E-state index in [0.29, 0.717) is 12.1 Å². The van der Waals surface area contributed by atoms with Crippen LogP contribution in [-0.2, 0) is 24.4 Å². The van der Waals surface area contributed by atoms with E-state index in [-0.39, 0.29) is 63.4 Å². The molecular formula is C31H22ClF4N3O5. The second kappa shape index (κ2) is 11.8. The third kappa shape index (κ3) is 5.65. The van der Waals surface area contributed by atoms with Gasteiger partial charge in [-0.2, -0.15) is 0 Å². The fraction of sp³-hybridized carbons (Fsp3) is 0.194. The molecule has 3 aromatic carbocycles. The Hall–Kier alpha value is -4.68. The van der Waals surface area contributed by atoms with E-state index >= 15 is 8.78 Å². The lowest BCUT2D eigenvalue weighted by Crippen LogP contribution is -2.35. The van der Waals surface area contributed by atoms with Crippen molar-refractivity contribution in [2.75, 3.05) is 6.61 Å². The lowest BCUT2D eigenvalue weighted by molar-refractivity contribution is -0.0618. The SMILES string of the molecule is O=C(O)c1ccc2c(=O)n(Cc3cc(F)c(-c4cccc(OCc5c(F)cc(Cl)cc5F)n4)cc3F)n(CC3CCO3)c2c1. The Balaban J connectivity index is 1.30. The number of hydrogen-bond donors (Lipinski definition) is 1. The molecule has 226 valence electrons. The minimum absolute atomic E-state index is 0.00267. The smallest absolute Gasteiger partial charge is 0.335 e. The first-order valence-corrected chi connectivity index (χ1v) is 13.8. The largest absolute Gasteiger partial charge is 0.478 e. The molecule has 0 amide bonds. The number of hydrogen-bond acceptors (Lipinski definition) is 5. The zero-order chi connectivity index (χ0) is 31.1. The van der Waals surface area contributed by atoms with E-state index in [4.69, 9.17) is 21.1 Å². The van der Waals surface area contributed by atoms with Crippen LogP contribution >= 0.6 is 11.6 Å². The van der Waals surface area contributed by atoms with Gasteiger partial charge < -0.3 is 14.6 Å². The lowest BCUT2D eigenvalue weighted by atomic mass is 10.1. The lowest BCUT2D eigenvalue weighted by Gasteiger charge is -2.28. The molecule has 1 fully saturated rings. The highest BCUT2D eigenvalue weighted by atomic mass is 35.5. The molecule has 13 heteroatoms. The van der Waals surface area contributed by atoms with Gasteiger partial charge in [0.05, 0.1) is 46.9 Å². The van der Waals surface area contributed by atoms with Crippen LogP contribution in [0, 0.1) is 23.3 Å².